The van der Waals surface area contributed by atoms with E-state index in [-0.39, 0.29) is 29.6 Å². The Balaban J connectivity index is 0. The second-order valence-corrected chi connectivity index (χ2v) is 7.93. The topological polar surface area (TPSA) is 143 Å². The Kier molecular flexibility index (Phi) is 3.54. The van der Waals surface area contributed by atoms with Crippen LogP contribution >= 0.6 is 0 Å². The molecule has 0 bridgehead atoms. The fourth-order valence-corrected chi connectivity index (χ4v) is 1.17. The number of nitriles is 6. The zero-order valence-electron chi connectivity index (χ0n) is 6.06. The number of nitrogens with zero attached hydrogens (tertiary/aromatic N) is 6. The molecule has 0 unspecified atom stereocenters. The Morgan fingerprint density at radius 2 is 0.643 bits per heavy atom. The van der Waals surface area contributed by atoms with Gasteiger partial charge in [-0.1, -0.05) is 0 Å². The van der Waals surface area contributed by atoms with E-state index in [2.05, 4.69) is 0 Å². The van der Waals surface area contributed by atoms with Crippen LogP contribution in [0.2, 0.25) is 0 Å². The Labute approximate surface area is 101 Å². The van der Waals surface area contributed by atoms with Crippen LogP contribution in [0.1, 0.15) is 0 Å². The average Bonchev–Trinajstić information content (AvgIpc) is 2.26. The third kappa shape index (κ3) is 1.16. The molecule has 0 rings (SSSR count). The molecule has 14 heavy (non-hydrogen) atoms. The van der Waals surface area contributed by atoms with E-state index in [9.17, 15) is 0 Å². The maximum absolute atomic E-state index is 8.58. The first-order chi connectivity index (χ1) is 5.97. The summed E-state index contributed by atoms with van der Waals surface area (Å²) in [5.41, 5.74) is 0. The van der Waals surface area contributed by atoms with Crippen molar-refractivity contribution in [2.24, 2.45) is 0 Å². The molecule has 0 saturated carbocycles. The van der Waals surface area contributed by atoms with Crippen LogP contribution in [0.3, 0.4) is 0 Å². The van der Waals surface area contributed by atoms with Crippen LogP contribution < -0.4 is 0 Å². The number of rotatable bonds is 0. The molecule has 0 heterocycles. The molecule has 0 aliphatic rings. The van der Waals surface area contributed by atoms with E-state index in [0.29, 0.717) is 0 Å². The van der Waals surface area contributed by atoms with E-state index >= 15 is 0 Å². The molecule has 0 aromatic heterocycles. The third-order valence-electron chi connectivity index (χ3n) is 1.27. The van der Waals surface area contributed by atoms with Gasteiger partial charge in [-0.3, -0.25) is 0 Å². The maximum atomic E-state index is 8.58. The van der Waals surface area contributed by atoms with Crippen molar-refractivity contribution < 1.29 is 10.7 Å². The standard InChI is InChI=1S/6CN.Mn.Na.H/c6*1-2;;;. The molecule has 0 atom stereocenters. The summed E-state index contributed by atoms with van der Waals surface area (Å²) >= 11 is 0. The number of hydrogen-bond acceptors (Lipinski definition) is 6. The van der Waals surface area contributed by atoms with E-state index < -0.39 is 10.7 Å². The molecular formula is C6HMnN6Na. The van der Waals surface area contributed by atoms with Gasteiger partial charge in [-0.25, -0.2) is 0 Å². The summed E-state index contributed by atoms with van der Waals surface area (Å²) in [6.07, 6.45) is 0. The fourth-order valence-electron chi connectivity index (χ4n) is 0.283. The second kappa shape index (κ2) is 3.31. The van der Waals surface area contributed by atoms with E-state index in [0.717, 1.165) is 29.8 Å². The van der Waals surface area contributed by atoms with Gasteiger partial charge in [0.1, 0.15) is 0 Å². The fraction of sp³-hybridized carbons (Fsp3) is 0. The van der Waals surface area contributed by atoms with Gasteiger partial charge in [0, 0.05) is 0 Å². The molecule has 0 aromatic rings. The SMILES string of the molecule is N#[C][Mn]([C]#N)([C]#N)([C]#N)([C]#N)[C]#N.[NaH]. The normalized spacial score (nSPS) is 12.4. The molecule has 0 aliphatic carbocycles. The summed E-state index contributed by atoms with van der Waals surface area (Å²) in [7, 11) is -6.30. The van der Waals surface area contributed by atoms with Gasteiger partial charge in [-0.2, -0.15) is 0 Å². The molecule has 0 aliphatic heterocycles. The molecule has 0 radical (unpaired) electrons. The van der Waals surface area contributed by atoms with Gasteiger partial charge in [0.15, 0.2) is 0 Å². The molecule has 6 nitrogen and oxygen atoms in total. The molecule has 0 spiro atoms. The van der Waals surface area contributed by atoms with Crippen LogP contribution in [0.4, 0.5) is 0 Å². The number of hydrogen-bond donors (Lipinski definition) is 0. The van der Waals surface area contributed by atoms with E-state index in [1.807, 2.05) is 0 Å². The van der Waals surface area contributed by atoms with E-state index in [4.69, 9.17) is 31.6 Å². The third-order valence-corrected chi connectivity index (χ3v) is 5.23. The minimum atomic E-state index is -6.30. The van der Waals surface area contributed by atoms with Gasteiger partial charge < -0.3 is 0 Å². The Morgan fingerprint density at radius 3 is 0.643 bits per heavy atom. The van der Waals surface area contributed by atoms with Gasteiger partial charge in [0.05, 0.1) is 0 Å². The van der Waals surface area contributed by atoms with Crippen LogP contribution in [-0.4, -0.2) is 29.6 Å². The first-order valence-electron chi connectivity index (χ1n) is 2.48. The predicted molar refractivity (Wildman–Crippen MR) is 40.8 cm³/mol. The summed E-state index contributed by atoms with van der Waals surface area (Å²) in [5.74, 6) is 0. The Hall–Kier alpha value is -1.54. The molecule has 0 fully saturated rings. The van der Waals surface area contributed by atoms with Crippen LogP contribution in [0, 0.1) is 61.4 Å². The van der Waals surface area contributed by atoms with Crippen molar-refractivity contribution in [3.05, 3.63) is 0 Å². The quantitative estimate of drug-likeness (QED) is 0.515. The van der Waals surface area contributed by atoms with Crippen molar-refractivity contribution in [3.63, 3.8) is 0 Å². The van der Waals surface area contributed by atoms with Gasteiger partial charge in [0.25, 0.3) is 0 Å². The molecule has 63 valence electrons. The van der Waals surface area contributed by atoms with E-state index in [1.165, 1.54) is 0 Å². The average molecular weight is 235 g/mol. The van der Waals surface area contributed by atoms with Crippen molar-refractivity contribution in [3.8, 4) is 29.8 Å². The molecular weight excluding hydrogens is 234 g/mol. The van der Waals surface area contributed by atoms with Crippen molar-refractivity contribution in [1.82, 2.24) is 0 Å². The van der Waals surface area contributed by atoms with E-state index in [1.54, 1.807) is 0 Å². The summed E-state index contributed by atoms with van der Waals surface area (Å²) in [6, 6.07) is 0. The van der Waals surface area contributed by atoms with Crippen LogP contribution in [0.25, 0.3) is 0 Å². The van der Waals surface area contributed by atoms with Crippen LogP contribution in [-0.2, 0) is 10.7 Å². The zero-order chi connectivity index (χ0) is 10.7. The second-order valence-electron chi connectivity index (χ2n) is 1.92. The first-order valence-corrected chi connectivity index (χ1v) is 6.02. The molecule has 0 N–H and O–H groups in total. The first kappa shape index (κ1) is 15.0. The summed E-state index contributed by atoms with van der Waals surface area (Å²) in [4.78, 5) is 6.25. The molecule has 8 heteroatoms. The zero-order valence-corrected chi connectivity index (χ0v) is 7.24. The van der Waals surface area contributed by atoms with Crippen molar-refractivity contribution >= 4 is 29.6 Å². The predicted octanol–water partition coefficient (Wildman–Crippen LogP) is -0.550. The van der Waals surface area contributed by atoms with Gasteiger partial charge in [-0.05, 0) is 0 Å². The minimum absolute atomic E-state index is 0. The van der Waals surface area contributed by atoms with Crippen molar-refractivity contribution in [2.75, 3.05) is 0 Å². The van der Waals surface area contributed by atoms with Gasteiger partial charge >= 0.3 is 102 Å². The van der Waals surface area contributed by atoms with Gasteiger partial charge in [0.2, 0.25) is 0 Å². The van der Waals surface area contributed by atoms with Crippen molar-refractivity contribution in [1.29, 1.82) is 31.6 Å². The van der Waals surface area contributed by atoms with Crippen LogP contribution in [0.15, 0.2) is 0 Å². The molecule has 0 saturated heterocycles. The van der Waals surface area contributed by atoms with Gasteiger partial charge in [-0.15, -0.1) is 0 Å². The summed E-state index contributed by atoms with van der Waals surface area (Å²) in [6.45, 7) is 0. The molecule has 0 aromatic carbocycles. The molecule has 0 amide bonds. The van der Waals surface area contributed by atoms with Crippen LogP contribution in [0.5, 0.6) is 0 Å². The van der Waals surface area contributed by atoms with Crippen molar-refractivity contribution in [2.45, 2.75) is 0 Å². The summed E-state index contributed by atoms with van der Waals surface area (Å²) < 4.78 is 0. The Bertz CT molecular complexity index is 392. The Morgan fingerprint density at radius 1 is 0.500 bits per heavy atom. The monoisotopic (exact) mass is 235 g/mol. The summed E-state index contributed by atoms with van der Waals surface area (Å²) in [5, 5.41) is 51.5.